The van der Waals surface area contributed by atoms with Gasteiger partial charge in [0.1, 0.15) is 0 Å². The van der Waals surface area contributed by atoms with Crippen LogP contribution < -0.4 is 5.32 Å². The fraction of sp³-hybridized carbons (Fsp3) is 0.438. The van der Waals surface area contributed by atoms with E-state index in [-0.39, 0.29) is 5.91 Å². The maximum absolute atomic E-state index is 12.1. The smallest absolute Gasteiger partial charge is 0.273 e. The Balaban J connectivity index is 1.91. The summed E-state index contributed by atoms with van der Waals surface area (Å²) in [5, 5.41) is 10.9. The molecule has 0 aliphatic heterocycles. The lowest BCUT2D eigenvalue weighted by molar-refractivity contribution is 0.0938. The summed E-state index contributed by atoms with van der Waals surface area (Å²) in [6.45, 7) is 6.34. The predicted molar refractivity (Wildman–Crippen MR) is 83.7 cm³/mol. The maximum Gasteiger partial charge on any atom is 0.273 e. The SMILES string of the molecule is CCOCCCNC(=O)c1nnn(Cc2ccccc2)c1C. The fourth-order valence-corrected chi connectivity index (χ4v) is 2.08. The Hall–Kier alpha value is -2.21. The third-order valence-electron chi connectivity index (χ3n) is 3.33. The van der Waals surface area contributed by atoms with Gasteiger partial charge < -0.3 is 10.1 Å². The van der Waals surface area contributed by atoms with Crippen LogP contribution in [0.2, 0.25) is 0 Å². The van der Waals surface area contributed by atoms with E-state index in [4.69, 9.17) is 4.74 Å². The molecule has 118 valence electrons. The molecule has 0 aliphatic rings. The Morgan fingerprint density at radius 2 is 2.09 bits per heavy atom. The van der Waals surface area contributed by atoms with Gasteiger partial charge in [-0.3, -0.25) is 4.79 Å². The van der Waals surface area contributed by atoms with E-state index in [9.17, 15) is 4.79 Å². The molecule has 22 heavy (non-hydrogen) atoms. The van der Waals surface area contributed by atoms with E-state index in [1.165, 1.54) is 0 Å². The molecular formula is C16H22N4O2. The highest BCUT2D eigenvalue weighted by Gasteiger charge is 2.15. The first-order valence-corrected chi connectivity index (χ1v) is 7.52. The summed E-state index contributed by atoms with van der Waals surface area (Å²) in [4.78, 5) is 12.1. The molecule has 6 heteroatoms. The zero-order chi connectivity index (χ0) is 15.8. The quantitative estimate of drug-likeness (QED) is 0.755. The minimum atomic E-state index is -0.187. The van der Waals surface area contributed by atoms with Crippen LogP contribution in [-0.4, -0.2) is 40.7 Å². The van der Waals surface area contributed by atoms with E-state index in [1.807, 2.05) is 44.2 Å². The van der Waals surface area contributed by atoms with Crippen molar-refractivity contribution < 1.29 is 9.53 Å². The van der Waals surface area contributed by atoms with Gasteiger partial charge in [-0.15, -0.1) is 5.10 Å². The normalized spacial score (nSPS) is 10.6. The predicted octanol–water partition coefficient (Wildman–Crippen LogP) is 1.79. The summed E-state index contributed by atoms with van der Waals surface area (Å²) >= 11 is 0. The van der Waals surface area contributed by atoms with Crippen LogP contribution in [0.25, 0.3) is 0 Å². The van der Waals surface area contributed by atoms with Gasteiger partial charge in [-0.25, -0.2) is 4.68 Å². The first kappa shape index (κ1) is 16.2. The molecule has 2 aromatic rings. The monoisotopic (exact) mass is 302 g/mol. The van der Waals surface area contributed by atoms with Crippen LogP contribution in [0.5, 0.6) is 0 Å². The van der Waals surface area contributed by atoms with Gasteiger partial charge >= 0.3 is 0 Å². The van der Waals surface area contributed by atoms with Crippen LogP contribution in [0.3, 0.4) is 0 Å². The minimum Gasteiger partial charge on any atom is -0.382 e. The molecule has 1 heterocycles. The third kappa shape index (κ3) is 4.39. The van der Waals surface area contributed by atoms with Crippen LogP contribution in [0.1, 0.15) is 35.1 Å². The van der Waals surface area contributed by atoms with Crippen molar-refractivity contribution in [3.8, 4) is 0 Å². The number of rotatable bonds is 8. The largest absolute Gasteiger partial charge is 0.382 e. The Morgan fingerprint density at radius 1 is 1.32 bits per heavy atom. The molecule has 0 bridgehead atoms. The zero-order valence-corrected chi connectivity index (χ0v) is 13.1. The average molecular weight is 302 g/mol. The number of benzene rings is 1. The van der Waals surface area contributed by atoms with E-state index in [0.29, 0.717) is 32.0 Å². The lowest BCUT2D eigenvalue weighted by Crippen LogP contribution is -2.26. The molecule has 0 radical (unpaired) electrons. The first-order valence-electron chi connectivity index (χ1n) is 7.52. The van der Waals surface area contributed by atoms with E-state index in [1.54, 1.807) is 4.68 Å². The molecule has 6 nitrogen and oxygen atoms in total. The molecule has 0 unspecified atom stereocenters. The van der Waals surface area contributed by atoms with Gasteiger partial charge in [-0.2, -0.15) is 0 Å². The van der Waals surface area contributed by atoms with Crippen molar-refractivity contribution >= 4 is 5.91 Å². The summed E-state index contributed by atoms with van der Waals surface area (Å²) in [5.41, 5.74) is 2.28. The van der Waals surface area contributed by atoms with Crippen LogP contribution in [0.4, 0.5) is 0 Å². The van der Waals surface area contributed by atoms with Crippen molar-refractivity contribution in [3.63, 3.8) is 0 Å². The second-order valence-electron chi connectivity index (χ2n) is 4.97. The molecule has 0 spiro atoms. The summed E-state index contributed by atoms with van der Waals surface area (Å²) in [6, 6.07) is 9.98. The molecular weight excluding hydrogens is 280 g/mol. The van der Waals surface area contributed by atoms with Gasteiger partial charge in [0.15, 0.2) is 5.69 Å². The van der Waals surface area contributed by atoms with Crippen molar-refractivity contribution in [1.29, 1.82) is 0 Å². The highest BCUT2D eigenvalue weighted by molar-refractivity contribution is 5.93. The zero-order valence-electron chi connectivity index (χ0n) is 13.1. The Morgan fingerprint density at radius 3 is 2.82 bits per heavy atom. The number of hydrogen-bond acceptors (Lipinski definition) is 4. The van der Waals surface area contributed by atoms with E-state index < -0.39 is 0 Å². The highest BCUT2D eigenvalue weighted by Crippen LogP contribution is 2.07. The second-order valence-corrected chi connectivity index (χ2v) is 4.97. The lowest BCUT2D eigenvalue weighted by Gasteiger charge is -2.05. The number of nitrogens with one attached hydrogen (secondary N) is 1. The van der Waals surface area contributed by atoms with Crippen molar-refractivity contribution in [1.82, 2.24) is 20.3 Å². The topological polar surface area (TPSA) is 69.0 Å². The summed E-state index contributed by atoms with van der Waals surface area (Å²) in [5.74, 6) is -0.187. The molecule has 0 fully saturated rings. The van der Waals surface area contributed by atoms with Crippen LogP contribution in [0, 0.1) is 6.92 Å². The van der Waals surface area contributed by atoms with E-state index in [2.05, 4.69) is 15.6 Å². The van der Waals surface area contributed by atoms with Crippen molar-refractivity contribution in [3.05, 3.63) is 47.3 Å². The fourth-order valence-electron chi connectivity index (χ4n) is 2.08. The van der Waals surface area contributed by atoms with E-state index >= 15 is 0 Å². The Bertz CT molecular complexity index is 595. The number of nitrogens with zero attached hydrogens (tertiary/aromatic N) is 3. The van der Waals surface area contributed by atoms with Crippen LogP contribution in [-0.2, 0) is 11.3 Å². The van der Waals surface area contributed by atoms with Gasteiger partial charge in [0.25, 0.3) is 5.91 Å². The summed E-state index contributed by atoms with van der Waals surface area (Å²) in [6.07, 6.45) is 0.788. The maximum atomic E-state index is 12.1. The Labute approximate surface area is 130 Å². The number of carbonyl (C=O) groups is 1. The van der Waals surface area contributed by atoms with Crippen molar-refractivity contribution in [2.45, 2.75) is 26.8 Å². The minimum absolute atomic E-state index is 0.187. The van der Waals surface area contributed by atoms with Crippen LogP contribution in [0.15, 0.2) is 30.3 Å². The van der Waals surface area contributed by atoms with Crippen molar-refractivity contribution in [2.75, 3.05) is 19.8 Å². The average Bonchev–Trinajstić information content (AvgIpc) is 2.89. The molecule has 0 saturated heterocycles. The lowest BCUT2D eigenvalue weighted by atomic mass is 10.2. The Kier molecular flexibility index (Phi) is 6.09. The molecule has 0 aliphatic carbocycles. The molecule has 1 aromatic carbocycles. The van der Waals surface area contributed by atoms with Gasteiger partial charge in [-0.05, 0) is 25.8 Å². The van der Waals surface area contributed by atoms with Crippen molar-refractivity contribution in [2.24, 2.45) is 0 Å². The summed E-state index contributed by atoms with van der Waals surface area (Å²) in [7, 11) is 0. The second kappa shape index (κ2) is 8.29. The molecule has 2 rings (SSSR count). The van der Waals surface area contributed by atoms with Gasteiger partial charge in [-0.1, -0.05) is 35.5 Å². The number of ether oxygens (including phenoxy) is 1. The van der Waals surface area contributed by atoms with Crippen LogP contribution >= 0.6 is 0 Å². The molecule has 0 atom stereocenters. The number of aromatic nitrogens is 3. The molecule has 1 aromatic heterocycles. The summed E-state index contributed by atoms with van der Waals surface area (Å²) < 4.78 is 6.97. The van der Waals surface area contributed by atoms with Gasteiger partial charge in [0.2, 0.25) is 0 Å². The van der Waals surface area contributed by atoms with E-state index in [0.717, 1.165) is 17.7 Å². The van der Waals surface area contributed by atoms with Gasteiger partial charge in [0, 0.05) is 19.8 Å². The first-order chi connectivity index (χ1) is 10.7. The number of hydrogen-bond donors (Lipinski definition) is 1. The van der Waals surface area contributed by atoms with Gasteiger partial charge in [0.05, 0.1) is 12.2 Å². The molecule has 1 amide bonds. The highest BCUT2D eigenvalue weighted by atomic mass is 16.5. The molecule has 1 N–H and O–H groups in total. The number of amides is 1. The third-order valence-corrected chi connectivity index (χ3v) is 3.33. The number of carbonyl (C=O) groups excluding carboxylic acids is 1. The standard InChI is InChI=1S/C16H22N4O2/c1-3-22-11-7-10-17-16(21)15-13(2)20(19-18-15)12-14-8-5-4-6-9-14/h4-6,8-9H,3,7,10-12H2,1-2H3,(H,17,21). The molecule has 0 saturated carbocycles.